The first-order valence-corrected chi connectivity index (χ1v) is 10.7. The predicted molar refractivity (Wildman–Crippen MR) is 123 cm³/mol. The molecule has 0 atom stereocenters. The van der Waals surface area contributed by atoms with Crippen molar-refractivity contribution in [2.75, 3.05) is 30.3 Å². The average Bonchev–Trinajstić information content (AvgIpc) is 3.13. The maximum Gasteiger partial charge on any atom is 0.222 e. The number of hydrogen-bond donors (Lipinski definition) is 3. The van der Waals surface area contributed by atoms with Gasteiger partial charge in [0.25, 0.3) is 0 Å². The van der Waals surface area contributed by atoms with Crippen molar-refractivity contribution in [3.63, 3.8) is 0 Å². The molecule has 0 aliphatic rings. The fraction of sp³-hybridized carbons (Fsp3) is 0.500. The molecule has 0 amide bonds. The molecule has 1 aromatic carbocycles. The van der Waals surface area contributed by atoms with Crippen LogP contribution in [0.5, 0.6) is 0 Å². The van der Waals surface area contributed by atoms with E-state index in [1.54, 1.807) is 0 Å². The number of aliphatic hydroxyl groups excluding tert-OH is 1. The summed E-state index contributed by atoms with van der Waals surface area (Å²) in [7, 11) is 0. The zero-order chi connectivity index (χ0) is 21.9. The molecular formula is C22H35N7O. The molecule has 2 aromatic heterocycles. The summed E-state index contributed by atoms with van der Waals surface area (Å²) >= 11 is 0. The largest absolute Gasteiger partial charge is 0.395 e. The van der Waals surface area contributed by atoms with Crippen LogP contribution in [-0.4, -0.2) is 44.6 Å². The number of fused-ring (bicyclic) bond motifs is 1. The highest BCUT2D eigenvalue weighted by Crippen LogP contribution is 2.24. The van der Waals surface area contributed by atoms with Gasteiger partial charge in [-0.2, -0.15) is 10.1 Å². The van der Waals surface area contributed by atoms with Crippen molar-refractivity contribution in [2.45, 2.75) is 53.1 Å². The van der Waals surface area contributed by atoms with Gasteiger partial charge in [-0.25, -0.2) is 4.98 Å². The summed E-state index contributed by atoms with van der Waals surface area (Å²) in [5.74, 6) is 0.890. The predicted octanol–water partition coefficient (Wildman–Crippen LogP) is 2.93. The van der Waals surface area contributed by atoms with Gasteiger partial charge in [0.15, 0.2) is 11.3 Å². The van der Waals surface area contributed by atoms with Crippen LogP contribution in [0, 0.1) is 0 Å². The maximum atomic E-state index is 9.43. The molecule has 0 aliphatic carbocycles. The number of nitrogen functional groups attached to an aromatic ring is 1. The van der Waals surface area contributed by atoms with E-state index in [9.17, 15) is 5.11 Å². The summed E-state index contributed by atoms with van der Waals surface area (Å²) < 4.78 is 1.84. The Labute approximate surface area is 178 Å². The minimum absolute atomic E-state index is 0.0450. The van der Waals surface area contributed by atoms with Crippen molar-refractivity contribution in [3.8, 4) is 0 Å². The van der Waals surface area contributed by atoms with Crippen molar-refractivity contribution in [1.82, 2.24) is 19.7 Å². The van der Waals surface area contributed by atoms with E-state index in [-0.39, 0.29) is 12.6 Å². The van der Waals surface area contributed by atoms with E-state index in [0.717, 1.165) is 30.5 Å². The van der Waals surface area contributed by atoms with Crippen LogP contribution < -0.4 is 16.4 Å². The summed E-state index contributed by atoms with van der Waals surface area (Å²) in [5, 5.41) is 14.1. The Bertz CT molecular complexity index is 892. The number of anilines is 2. The molecule has 0 bridgehead atoms. The Morgan fingerprint density at radius 1 is 1.03 bits per heavy atom. The van der Waals surface area contributed by atoms with E-state index >= 15 is 0 Å². The second-order valence-electron chi connectivity index (χ2n) is 7.26. The highest BCUT2D eigenvalue weighted by molar-refractivity contribution is 5.86. The SMILES string of the molecule is CCC.CCCCN(CCO)c1nc(N)nc2cn(Cc3ccc(CN)cc3)nc12. The van der Waals surface area contributed by atoms with Gasteiger partial charge >= 0.3 is 0 Å². The van der Waals surface area contributed by atoms with Gasteiger partial charge in [-0.15, -0.1) is 0 Å². The van der Waals surface area contributed by atoms with Gasteiger partial charge in [-0.05, 0) is 17.5 Å². The normalized spacial score (nSPS) is 10.7. The highest BCUT2D eigenvalue weighted by atomic mass is 16.3. The number of aliphatic hydroxyl groups is 1. The molecule has 0 saturated carbocycles. The summed E-state index contributed by atoms with van der Waals surface area (Å²) in [6.45, 7) is 8.85. The highest BCUT2D eigenvalue weighted by Gasteiger charge is 2.17. The van der Waals surface area contributed by atoms with Crippen LogP contribution >= 0.6 is 0 Å². The van der Waals surface area contributed by atoms with Gasteiger partial charge in [0.05, 0.1) is 19.3 Å². The zero-order valence-electron chi connectivity index (χ0n) is 18.4. The lowest BCUT2D eigenvalue weighted by Crippen LogP contribution is -2.29. The third-order valence-corrected chi connectivity index (χ3v) is 4.46. The minimum Gasteiger partial charge on any atom is -0.395 e. The van der Waals surface area contributed by atoms with Gasteiger partial charge in [-0.3, -0.25) is 4.68 Å². The van der Waals surface area contributed by atoms with Gasteiger partial charge in [0, 0.05) is 19.6 Å². The van der Waals surface area contributed by atoms with E-state index in [1.165, 1.54) is 6.42 Å². The second kappa shape index (κ2) is 12.1. The topological polar surface area (TPSA) is 119 Å². The molecule has 0 saturated heterocycles. The van der Waals surface area contributed by atoms with Crippen LogP contribution in [0.15, 0.2) is 30.5 Å². The lowest BCUT2D eigenvalue weighted by atomic mass is 10.1. The Morgan fingerprint density at radius 2 is 1.70 bits per heavy atom. The van der Waals surface area contributed by atoms with Crippen molar-refractivity contribution >= 4 is 22.8 Å². The van der Waals surface area contributed by atoms with Gasteiger partial charge in [0.1, 0.15) is 5.52 Å². The van der Waals surface area contributed by atoms with Crippen LogP contribution in [0.2, 0.25) is 0 Å². The summed E-state index contributed by atoms with van der Waals surface area (Å²) in [4.78, 5) is 10.8. The monoisotopic (exact) mass is 413 g/mol. The Kier molecular flexibility index (Phi) is 9.50. The van der Waals surface area contributed by atoms with Gasteiger partial charge in [0.2, 0.25) is 5.95 Å². The van der Waals surface area contributed by atoms with Crippen LogP contribution in [-0.2, 0) is 13.1 Å². The molecule has 3 rings (SSSR count). The van der Waals surface area contributed by atoms with E-state index in [1.807, 2.05) is 27.9 Å². The van der Waals surface area contributed by atoms with Crippen LogP contribution in [0.3, 0.4) is 0 Å². The summed E-state index contributed by atoms with van der Waals surface area (Å²) in [6.07, 6.45) is 5.18. The first-order chi connectivity index (χ1) is 14.6. The van der Waals surface area contributed by atoms with Crippen molar-refractivity contribution in [3.05, 3.63) is 41.6 Å². The molecule has 0 unspecified atom stereocenters. The number of aromatic nitrogens is 4. The number of hydrogen-bond acceptors (Lipinski definition) is 7. The summed E-state index contributed by atoms with van der Waals surface area (Å²) in [5.41, 5.74) is 15.2. The van der Waals surface area contributed by atoms with Crippen molar-refractivity contribution in [2.24, 2.45) is 5.73 Å². The molecule has 164 valence electrons. The number of nitrogens with two attached hydrogens (primary N) is 2. The number of benzene rings is 1. The first-order valence-electron chi connectivity index (χ1n) is 10.7. The quantitative estimate of drug-likeness (QED) is 0.493. The van der Waals surface area contributed by atoms with E-state index in [4.69, 9.17) is 16.6 Å². The van der Waals surface area contributed by atoms with Crippen LogP contribution in [0.25, 0.3) is 11.0 Å². The molecule has 2 heterocycles. The molecule has 5 N–H and O–H groups in total. The standard InChI is InChI=1S/C19H27N7O.C3H8/c1-2-3-8-25(9-10-27)18-17-16(22-19(21)23-18)13-26(24-17)12-15-6-4-14(11-20)5-7-15;1-3-2/h4-7,13,27H,2-3,8-12,20H2,1H3,(H2,21,22);3H2,1-2H3. The van der Waals surface area contributed by atoms with Crippen LogP contribution in [0.1, 0.15) is 51.2 Å². The number of nitrogens with zero attached hydrogens (tertiary/aromatic N) is 5. The zero-order valence-corrected chi connectivity index (χ0v) is 18.4. The first kappa shape index (κ1) is 23.6. The molecule has 30 heavy (non-hydrogen) atoms. The average molecular weight is 414 g/mol. The molecule has 3 aromatic rings. The third kappa shape index (κ3) is 6.40. The molecule has 0 aliphatic heterocycles. The fourth-order valence-corrected chi connectivity index (χ4v) is 3.02. The van der Waals surface area contributed by atoms with Crippen molar-refractivity contribution < 1.29 is 5.11 Å². The fourth-order valence-electron chi connectivity index (χ4n) is 3.02. The Morgan fingerprint density at radius 3 is 2.30 bits per heavy atom. The minimum atomic E-state index is 0.0450. The van der Waals surface area contributed by atoms with E-state index in [0.29, 0.717) is 36.5 Å². The Balaban J connectivity index is 0.00000101. The molecular weight excluding hydrogens is 378 g/mol. The molecule has 0 spiro atoms. The second-order valence-corrected chi connectivity index (χ2v) is 7.26. The van der Waals surface area contributed by atoms with Gasteiger partial charge in [-0.1, -0.05) is 57.9 Å². The lowest BCUT2D eigenvalue weighted by molar-refractivity contribution is 0.301. The van der Waals surface area contributed by atoms with Crippen molar-refractivity contribution in [1.29, 1.82) is 0 Å². The Hall–Kier alpha value is -2.71. The van der Waals surface area contributed by atoms with E-state index in [2.05, 4.69) is 42.9 Å². The smallest absolute Gasteiger partial charge is 0.222 e. The lowest BCUT2D eigenvalue weighted by Gasteiger charge is -2.22. The number of rotatable bonds is 9. The van der Waals surface area contributed by atoms with E-state index < -0.39 is 0 Å². The molecule has 8 heteroatoms. The molecule has 0 radical (unpaired) electrons. The third-order valence-electron chi connectivity index (χ3n) is 4.46. The van der Waals surface area contributed by atoms with Crippen LogP contribution in [0.4, 0.5) is 11.8 Å². The van der Waals surface area contributed by atoms with Gasteiger partial charge < -0.3 is 21.5 Å². The molecule has 8 nitrogen and oxygen atoms in total. The maximum absolute atomic E-state index is 9.43. The number of unbranched alkanes of at least 4 members (excludes halogenated alkanes) is 1. The summed E-state index contributed by atoms with van der Waals surface area (Å²) in [6, 6.07) is 8.15. The molecule has 0 fully saturated rings.